The number of rotatable bonds is 3. The standard InChI is InChI=1S/C14H14BrN3O/c15-9-1-3-11(4-2-9)17-14(19)13-7-10(16)8-18(13)12-5-6-12/h1-4,7-8,12H,5-6,16H2,(H,17,19). The van der Waals surface area contributed by atoms with E-state index in [1.807, 2.05) is 35.0 Å². The van der Waals surface area contributed by atoms with Crippen molar-refractivity contribution in [2.75, 3.05) is 11.1 Å². The van der Waals surface area contributed by atoms with Gasteiger partial charge in [0.25, 0.3) is 5.91 Å². The average Bonchev–Trinajstić information content (AvgIpc) is 3.15. The number of carbonyl (C=O) groups excluding carboxylic acids is 1. The van der Waals surface area contributed by atoms with E-state index in [0.29, 0.717) is 17.4 Å². The highest BCUT2D eigenvalue weighted by molar-refractivity contribution is 9.10. The van der Waals surface area contributed by atoms with Crippen LogP contribution in [-0.2, 0) is 0 Å². The van der Waals surface area contributed by atoms with Crippen LogP contribution in [0.25, 0.3) is 0 Å². The Kier molecular flexibility index (Phi) is 3.06. The predicted molar refractivity (Wildman–Crippen MR) is 79.2 cm³/mol. The van der Waals surface area contributed by atoms with E-state index in [4.69, 9.17) is 5.73 Å². The monoisotopic (exact) mass is 319 g/mol. The lowest BCUT2D eigenvalue weighted by Crippen LogP contribution is -2.16. The molecule has 1 aromatic carbocycles. The molecule has 0 radical (unpaired) electrons. The quantitative estimate of drug-likeness (QED) is 0.910. The minimum atomic E-state index is -0.120. The minimum Gasteiger partial charge on any atom is -0.397 e. The Morgan fingerprint density at radius 1 is 1.32 bits per heavy atom. The largest absolute Gasteiger partial charge is 0.397 e. The van der Waals surface area contributed by atoms with Gasteiger partial charge in [-0.2, -0.15) is 0 Å². The average molecular weight is 320 g/mol. The summed E-state index contributed by atoms with van der Waals surface area (Å²) in [6.07, 6.45) is 4.08. The lowest BCUT2D eigenvalue weighted by molar-refractivity contribution is 0.101. The van der Waals surface area contributed by atoms with Crippen molar-refractivity contribution in [3.8, 4) is 0 Å². The van der Waals surface area contributed by atoms with Gasteiger partial charge in [-0.15, -0.1) is 0 Å². The second-order valence-corrected chi connectivity index (χ2v) is 5.67. The number of nitrogen functional groups attached to an aromatic ring is 1. The number of nitrogens with two attached hydrogens (primary N) is 1. The summed E-state index contributed by atoms with van der Waals surface area (Å²) < 4.78 is 2.96. The summed E-state index contributed by atoms with van der Waals surface area (Å²) in [4.78, 5) is 12.3. The lowest BCUT2D eigenvalue weighted by Gasteiger charge is -2.08. The van der Waals surface area contributed by atoms with Crippen LogP contribution in [0.15, 0.2) is 41.0 Å². The molecule has 1 aliphatic carbocycles. The Labute approximate surface area is 119 Å². The number of amides is 1. The molecule has 0 bridgehead atoms. The van der Waals surface area contributed by atoms with Crippen molar-refractivity contribution in [1.29, 1.82) is 0 Å². The van der Waals surface area contributed by atoms with E-state index < -0.39 is 0 Å². The molecule has 0 spiro atoms. The van der Waals surface area contributed by atoms with Crippen molar-refractivity contribution < 1.29 is 4.79 Å². The van der Waals surface area contributed by atoms with Crippen molar-refractivity contribution in [3.63, 3.8) is 0 Å². The van der Waals surface area contributed by atoms with E-state index >= 15 is 0 Å². The molecular formula is C14H14BrN3O. The maximum Gasteiger partial charge on any atom is 0.272 e. The van der Waals surface area contributed by atoms with Gasteiger partial charge in [-0.25, -0.2) is 0 Å². The molecule has 1 saturated carbocycles. The van der Waals surface area contributed by atoms with Crippen molar-refractivity contribution in [2.24, 2.45) is 0 Å². The molecule has 19 heavy (non-hydrogen) atoms. The van der Waals surface area contributed by atoms with E-state index in [0.717, 1.165) is 23.0 Å². The third-order valence-electron chi connectivity index (χ3n) is 3.14. The molecule has 5 heteroatoms. The van der Waals surface area contributed by atoms with Gasteiger partial charge in [-0.1, -0.05) is 15.9 Å². The van der Waals surface area contributed by atoms with Gasteiger partial charge in [-0.05, 0) is 43.2 Å². The molecule has 1 amide bonds. The molecule has 0 aliphatic heterocycles. The zero-order valence-electron chi connectivity index (χ0n) is 10.3. The summed E-state index contributed by atoms with van der Waals surface area (Å²) in [6.45, 7) is 0. The van der Waals surface area contributed by atoms with Gasteiger partial charge in [0.05, 0.1) is 5.69 Å². The van der Waals surface area contributed by atoms with Crippen molar-refractivity contribution in [3.05, 3.63) is 46.7 Å². The van der Waals surface area contributed by atoms with Crippen LogP contribution in [-0.4, -0.2) is 10.5 Å². The fourth-order valence-electron chi connectivity index (χ4n) is 2.07. The summed E-state index contributed by atoms with van der Waals surface area (Å²) in [5.41, 5.74) is 7.82. The highest BCUT2D eigenvalue weighted by atomic mass is 79.9. The first-order valence-electron chi connectivity index (χ1n) is 6.18. The van der Waals surface area contributed by atoms with Gasteiger partial charge in [0.15, 0.2) is 0 Å². The second-order valence-electron chi connectivity index (χ2n) is 4.76. The number of carbonyl (C=O) groups is 1. The van der Waals surface area contributed by atoms with Crippen LogP contribution in [0.1, 0.15) is 29.4 Å². The first kappa shape index (κ1) is 12.3. The number of nitrogens with zero attached hydrogens (tertiary/aromatic N) is 1. The Hall–Kier alpha value is -1.75. The van der Waals surface area contributed by atoms with Crippen LogP contribution in [0.4, 0.5) is 11.4 Å². The maximum atomic E-state index is 12.3. The topological polar surface area (TPSA) is 60.1 Å². The van der Waals surface area contributed by atoms with Crippen LogP contribution >= 0.6 is 15.9 Å². The van der Waals surface area contributed by atoms with Gasteiger partial charge in [0.1, 0.15) is 5.69 Å². The fraction of sp³-hybridized carbons (Fsp3) is 0.214. The Morgan fingerprint density at radius 3 is 2.63 bits per heavy atom. The minimum absolute atomic E-state index is 0.120. The molecule has 1 fully saturated rings. The number of halogens is 1. The van der Waals surface area contributed by atoms with Gasteiger partial charge >= 0.3 is 0 Å². The van der Waals surface area contributed by atoms with Gasteiger partial charge < -0.3 is 15.6 Å². The molecule has 0 atom stereocenters. The van der Waals surface area contributed by atoms with E-state index in [9.17, 15) is 4.79 Å². The first-order chi connectivity index (χ1) is 9.13. The SMILES string of the molecule is Nc1cc(C(=O)Nc2ccc(Br)cc2)n(C2CC2)c1. The Bertz CT molecular complexity index is 614. The summed E-state index contributed by atoms with van der Waals surface area (Å²) in [6, 6.07) is 9.66. The van der Waals surface area contributed by atoms with E-state index in [-0.39, 0.29) is 5.91 Å². The molecular weight excluding hydrogens is 306 g/mol. The molecule has 0 saturated heterocycles. The number of benzene rings is 1. The second kappa shape index (κ2) is 4.74. The van der Waals surface area contributed by atoms with Crippen LogP contribution in [0, 0.1) is 0 Å². The van der Waals surface area contributed by atoms with Gasteiger partial charge in [-0.3, -0.25) is 4.79 Å². The van der Waals surface area contributed by atoms with Crippen molar-refractivity contribution in [2.45, 2.75) is 18.9 Å². The van der Waals surface area contributed by atoms with Crippen molar-refractivity contribution in [1.82, 2.24) is 4.57 Å². The Morgan fingerprint density at radius 2 is 2.00 bits per heavy atom. The molecule has 2 aromatic rings. The van der Waals surface area contributed by atoms with Crippen LogP contribution in [0.5, 0.6) is 0 Å². The van der Waals surface area contributed by atoms with E-state index in [1.165, 1.54) is 0 Å². The number of hydrogen-bond donors (Lipinski definition) is 2. The van der Waals surface area contributed by atoms with Crippen LogP contribution in [0.3, 0.4) is 0 Å². The normalized spacial score (nSPS) is 14.4. The molecule has 98 valence electrons. The number of nitrogens with one attached hydrogen (secondary N) is 1. The molecule has 3 rings (SSSR count). The maximum absolute atomic E-state index is 12.3. The molecule has 4 nitrogen and oxygen atoms in total. The van der Waals surface area contributed by atoms with Crippen LogP contribution < -0.4 is 11.1 Å². The smallest absolute Gasteiger partial charge is 0.272 e. The third kappa shape index (κ3) is 2.66. The summed E-state index contributed by atoms with van der Waals surface area (Å²) in [7, 11) is 0. The summed E-state index contributed by atoms with van der Waals surface area (Å²) >= 11 is 3.37. The third-order valence-corrected chi connectivity index (χ3v) is 3.67. The predicted octanol–water partition coefficient (Wildman–Crippen LogP) is 3.42. The molecule has 0 unspecified atom stereocenters. The molecule has 1 aromatic heterocycles. The van der Waals surface area contributed by atoms with E-state index in [2.05, 4.69) is 21.2 Å². The fourth-order valence-corrected chi connectivity index (χ4v) is 2.33. The van der Waals surface area contributed by atoms with E-state index in [1.54, 1.807) is 6.07 Å². The van der Waals surface area contributed by atoms with Crippen molar-refractivity contribution >= 4 is 33.2 Å². The molecule has 1 aliphatic rings. The van der Waals surface area contributed by atoms with Gasteiger partial charge in [0.2, 0.25) is 0 Å². The lowest BCUT2D eigenvalue weighted by atomic mass is 10.3. The number of aromatic nitrogens is 1. The number of hydrogen-bond acceptors (Lipinski definition) is 2. The van der Waals surface area contributed by atoms with Crippen LogP contribution in [0.2, 0.25) is 0 Å². The summed E-state index contributed by atoms with van der Waals surface area (Å²) in [5.74, 6) is -0.120. The first-order valence-corrected chi connectivity index (χ1v) is 6.97. The summed E-state index contributed by atoms with van der Waals surface area (Å²) in [5, 5.41) is 2.89. The van der Waals surface area contributed by atoms with Gasteiger partial charge in [0, 0.05) is 22.4 Å². The molecule has 3 N–H and O–H groups in total. The highest BCUT2D eigenvalue weighted by Crippen LogP contribution is 2.37. The number of anilines is 2. The molecule has 1 heterocycles. The zero-order chi connectivity index (χ0) is 13.4. The zero-order valence-corrected chi connectivity index (χ0v) is 11.9. The highest BCUT2D eigenvalue weighted by Gasteiger charge is 2.27. The Balaban J connectivity index is 1.82.